The molecule has 1 heterocycles. The van der Waals surface area contributed by atoms with Crippen LogP contribution in [0, 0.1) is 51.8 Å². The molecule has 0 spiro atoms. The Hall–Kier alpha value is -4.47. The Morgan fingerprint density at radius 1 is 0.687 bits per heavy atom. The highest BCUT2D eigenvalue weighted by Gasteiger charge is 2.59. The lowest BCUT2D eigenvalue weighted by Gasteiger charge is -2.58. The molecule has 0 amide bonds. The molecule has 3 aromatic carbocycles. The van der Waals surface area contributed by atoms with E-state index in [9.17, 15) is 14.4 Å². The predicted molar refractivity (Wildman–Crippen MR) is 261 cm³/mol. The van der Waals surface area contributed by atoms with Crippen LogP contribution in [0.5, 0.6) is 17.2 Å². The van der Waals surface area contributed by atoms with Crippen LogP contribution < -0.4 is 14.2 Å². The molecule has 3 saturated carbocycles. The summed E-state index contributed by atoms with van der Waals surface area (Å²) in [5, 5.41) is 0. The second kappa shape index (κ2) is 21.4. The van der Waals surface area contributed by atoms with E-state index in [0.29, 0.717) is 52.7 Å². The highest BCUT2D eigenvalue weighted by Crippen LogP contribution is 2.67. The largest absolute Gasteiger partial charge is 0.494 e. The van der Waals surface area contributed by atoms with Gasteiger partial charge in [-0.1, -0.05) is 72.5 Å². The molecule has 9 heteroatoms. The summed E-state index contributed by atoms with van der Waals surface area (Å²) in [6, 6.07) is 19.6. The third kappa shape index (κ3) is 11.2. The number of benzene rings is 3. The zero-order chi connectivity index (χ0) is 47.2. The molecular weight excluding hydrogens is 841 g/mol. The summed E-state index contributed by atoms with van der Waals surface area (Å²) in [5.41, 5.74) is 3.38. The Balaban J connectivity index is 0.756. The van der Waals surface area contributed by atoms with Crippen molar-refractivity contribution in [1.82, 2.24) is 0 Å². The minimum absolute atomic E-state index is 0.150. The van der Waals surface area contributed by atoms with E-state index in [1.165, 1.54) is 56.9 Å². The molecule has 4 aliphatic carbocycles. The number of esters is 3. The fourth-order valence-electron chi connectivity index (χ4n) is 12.9. The highest BCUT2D eigenvalue weighted by atomic mass is 16.5. The molecule has 3 aromatic rings. The van der Waals surface area contributed by atoms with E-state index in [0.717, 1.165) is 87.9 Å². The van der Waals surface area contributed by atoms with Crippen molar-refractivity contribution in [3.8, 4) is 17.2 Å². The van der Waals surface area contributed by atoms with Crippen LogP contribution in [-0.4, -0.2) is 57.0 Å². The van der Waals surface area contributed by atoms with Crippen molar-refractivity contribution in [1.29, 1.82) is 0 Å². The second-order valence-electron chi connectivity index (χ2n) is 21.9. The molecule has 0 radical (unpaired) electrons. The molecule has 8 unspecified atom stereocenters. The molecule has 1 aliphatic heterocycles. The number of fused-ring (bicyclic) bond motifs is 5. The van der Waals surface area contributed by atoms with Crippen LogP contribution in [0.15, 0.2) is 84.4 Å². The van der Waals surface area contributed by atoms with E-state index < -0.39 is 11.9 Å². The number of hydrogen-bond acceptors (Lipinski definition) is 9. The first-order valence-electron chi connectivity index (χ1n) is 25.7. The van der Waals surface area contributed by atoms with Gasteiger partial charge in [0.15, 0.2) is 0 Å². The standard InChI is InChI=1S/C58H76O9/c1-7-58(37-63-38-58)36-62-33-8-9-34-64-45-22-24-47(25-23-45)66-54(60)43-17-20-46(21-18-43)65-53(59)41-13-15-42(16-14-41)55(61)67-48-29-31-56(5)44(35-48)19-26-49-51-28-27-50(40(4)12-10-11-39(2)3)57(51,6)32-30-52(49)56/h13-25,39-40,48-52H,7-12,26-38H2,1-6H3. The van der Waals surface area contributed by atoms with Gasteiger partial charge in [-0.3, -0.25) is 0 Å². The summed E-state index contributed by atoms with van der Waals surface area (Å²) in [5.74, 6) is 4.65. The Morgan fingerprint density at radius 2 is 1.30 bits per heavy atom. The molecule has 0 bridgehead atoms. The number of hydrogen-bond donors (Lipinski definition) is 0. The fourth-order valence-corrected chi connectivity index (χ4v) is 12.9. The Kier molecular flexibility index (Phi) is 15.7. The quantitative estimate of drug-likeness (QED) is 0.0474. The second-order valence-corrected chi connectivity index (χ2v) is 21.9. The topological polar surface area (TPSA) is 107 Å². The van der Waals surface area contributed by atoms with Crippen LogP contribution in [0.25, 0.3) is 0 Å². The van der Waals surface area contributed by atoms with Crippen molar-refractivity contribution in [3.63, 3.8) is 0 Å². The molecule has 8 rings (SSSR count). The van der Waals surface area contributed by atoms with Gasteiger partial charge in [0.2, 0.25) is 0 Å². The third-order valence-corrected chi connectivity index (χ3v) is 17.2. The summed E-state index contributed by atoms with van der Waals surface area (Å²) in [7, 11) is 0. The van der Waals surface area contributed by atoms with E-state index in [1.54, 1.807) is 72.8 Å². The maximum atomic E-state index is 13.4. The van der Waals surface area contributed by atoms with Gasteiger partial charge in [-0.05, 0) is 183 Å². The Labute approximate surface area is 400 Å². The van der Waals surface area contributed by atoms with Crippen LogP contribution in [0.3, 0.4) is 0 Å². The van der Waals surface area contributed by atoms with Crippen LogP contribution in [0.1, 0.15) is 163 Å². The summed E-state index contributed by atoms with van der Waals surface area (Å²) in [6.45, 7) is 18.2. The van der Waals surface area contributed by atoms with Crippen molar-refractivity contribution in [3.05, 3.63) is 101 Å². The summed E-state index contributed by atoms with van der Waals surface area (Å²) >= 11 is 0. The van der Waals surface area contributed by atoms with Crippen molar-refractivity contribution in [2.45, 2.75) is 138 Å². The first-order chi connectivity index (χ1) is 32.3. The molecule has 8 atom stereocenters. The number of carbonyl (C=O) groups excluding carboxylic acids is 3. The summed E-state index contributed by atoms with van der Waals surface area (Å²) in [6.07, 6.45) is 18.7. The van der Waals surface area contributed by atoms with E-state index >= 15 is 0 Å². The SMILES string of the molecule is CCC1(COCCCCOc2ccc(OC(=O)c3ccc(OC(=O)c4ccc(C(=O)OC5CCC6(C)C(=CCC7C6CCC6(C)C(C(C)CCCC(C)C)CCC76)C5)cc4)cc3)cc2)COC1. The first kappa shape index (κ1) is 49.0. The summed E-state index contributed by atoms with van der Waals surface area (Å²) < 4.78 is 34.4. The predicted octanol–water partition coefficient (Wildman–Crippen LogP) is 13.3. The first-order valence-corrected chi connectivity index (χ1v) is 25.7. The van der Waals surface area contributed by atoms with Crippen LogP contribution >= 0.6 is 0 Å². The van der Waals surface area contributed by atoms with Gasteiger partial charge in [0.05, 0.1) is 43.1 Å². The van der Waals surface area contributed by atoms with Gasteiger partial charge in [0.1, 0.15) is 23.4 Å². The van der Waals surface area contributed by atoms with Gasteiger partial charge in [-0.15, -0.1) is 0 Å². The van der Waals surface area contributed by atoms with Gasteiger partial charge >= 0.3 is 17.9 Å². The minimum Gasteiger partial charge on any atom is -0.494 e. The average molecular weight is 917 g/mol. The summed E-state index contributed by atoms with van der Waals surface area (Å²) in [4.78, 5) is 39.4. The van der Waals surface area contributed by atoms with E-state index in [-0.39, 0.29) is 28.7 Å². The van der Waals surface area contributed by atoms with Crippen molar-refractivity contribution < 1.29 is 42.8 Å². The van der Waals surface area contributed by atoms with Gasteiger partial charge in [-0.2, -0.15) is 0 Å². The van der Waals surface area contributed by atoms with Gasteiger partial charge in [0, 0.05) is 18.4 Å². The van der Waals surface area contributed by atoms with Crippen molar-refractivity contribution in [2.24, 2.45) is 51.8 Å². The number of carbonyl (C=O) groups is 3. The fraction of sp³-hybridized carbons (Fsp3) is 0.603. The highest BCUT2D eigenvalue weighted by molar-refractivity contribution is 5.94. The molecule has 5 aliphatic rings. The lowest BCUT2D eigenvalue weighted by molar-refractivity contribution is -0.150. The maximum absolute atomic E-state index is 13.4. The number of allylic oxidation sites excluding steroid dienone is 1. The zero-order valence-corrected chi connectivity index (χ0v) is 41.2. The van der Waals surface area contributed by atoms with Gasteiger partial charge < -0.3 is 28.4 Å². The number of unbranched alkanes of at least 4 members (excludes halogenated alkanes) is 1. The lowest BCUT2D eigenvalue weighted by atomic mass is 9.47. The molecule has 362 valence electrons. The normalized spacial score (nSPS) is 27.6. The number of rotatable bonds is 20. The van der Waals surface area contributed by atoms with E-state index in [2.05, 4.69) is 47.6 Å². The van der Waals surface area contributed by atoms with Crippen LogP contribution in [0.2, 0.25) is 0 Å². The van der Waals surface area contributed by atoms with Crippen LogP contribution in [-0.2, 0) is 14.2 Å². The van der Waals surface area contributed by atoms with Crippen LogP contribution in [0.4, 0.5) is 0 Å². The van der Waals surface area contributed by atoms with Crippen molar-refractivity contribution >= 4 is 17.9 Å². The zero-order valence-electron chi connectivity index (χ0n) is 41.2. The maximum Gasteiger partial charge on any atom is 0.343 e. The average Bonchev–Trinajstić information content (AvgIpc) is 3.67. The smallest absolute Gasteiger partial charge is 0.343 e. The Morgan fingerprint density at radius 3 is 1.93 bits per heavy atom. The lowest BCUT2D eigenvalue weighted by Crippen LogP contribution is -2.51. The van der Waals surface area contributed by atoms with Gasteiger partial charge in [0.25, 0.3) is 0 Å². The minimum atomic E-state index is -0.573. The van der Waals surface area contributed by atoms with E-state index in [4.69, 9.17) is 28.4 Å². The number of ether oxygens (including phenoxy) is 6. The molecule has 0 aromatic heterocycles. The van der Waals surface area contributed by atoms with E-state index in [1.807, 2.05) is 0 Å². The molecule has 1 saturated heterocycles. The van der Waals surface area contributed by atoms with Gasteiger partial charge in [-0.25, -0.2) is 14.4 Å². The van der Waals surface area contributed by atoms with Crippen molar-refractivity contribution in [2.75, 3.05) is 33.0 Å². The molecular formula is C58H76O9. The third-order valence-electron chi connectivity index (χ3n) is 17.2. The molecule has 0 N–H and O–H groups in total. The Bertz CT molecular complexity index is 2170. The molecule has 9 nitrogen and oxygen atoms in total. The monoisotopic (exact) mass is 917 g/mol. The molecule has 67 heavy (non-hydrogen) atoms. The molecule has 4 fully saturated rings.